The van der Waals surface area contributed by atoms with Gasteiger partial charge in [0, 0.05) is 30.2 Å². The summed E-state index contributed by atoms with van der Waals surface area (Å²) in [5.74, 6) is -0.388. The van der Waals surface area contributed by atoms with Gasteiger partial charge < -0.3 is 15.5 Å². The van der Waals surface area contributed by atoms with E-state index in [2.05, 4.69) is 29.4 Å². The number of hydrogen-bond acceptors (Lipinski definition) is 2. The van der Waals surface area contributed by atoms with Crippen molar-refractivity contribution in [3.05, 3.63) is 54.3 Å². The molecule has 22 heavy (non-hydrogen) atoms. The third-order valence-corrected chi connectivity index (χ3v) is 3.34. The van der Waals surface area contributed by atoms with Crippen molar-refractivity contribution in [3.8, 4) is 0 Å². The topological polar surface area (TPSA) is 44.4 Å². The van der Waals surface area contributed by atoms with Crippen LogP contribution in [-0.4, -0.2) is 19.1 Å². The molecule has 0 heterocycles. The minimum absolute atomic E-state index is 0.388. The van der Waals surface area contributed by atoms with Crippen molar-refractivity contribution in [2.75, 3.05) is 28.6 Å². The van der Waals surface area contributed by atoms with Crippen molar-refractivity contribution in [2.45, 2.75) is 13.8 Å². The molecular formula is C17H20FN3O. The van der Waals surface area contributed by atoms with E-state index in [1.807, 2.05) is 24.3 Å². The Morgan fingerprint density at radius 2 is 1.64 bits per heavy atom. The summed E-state index contributed by atoms with van der Waals surface area (Å²) in [6.07, 6.45) is 0. The second kappa shape index (κ2) is 7.45. The Hall–Kier alpha value is -2.56. The van der Waals surface area contributed by atoms with Gasteiger partial charge in [0.05, 0.1) is 0 Å². The largest absolute Gasteiger partial charge is 0.372 e. The Morgan fingerprint density at radius 1 is 1.00 bits per heavy atom. The number of anilines is 3. The molecule has 4 nitrogen and oxygen atoms in total. The first-order valence-corrected chi connectivity index (χ1v) is 7.31. The molecule has 0 aliphatic carbocycles. The van der Waals surface area contributed by atoms with Crippen molar-refractivity contribution in [3.63, 3.8) is 0 Å². The van der Waals surface area contributed by atoms with E-state index >= 15 is 0 Å². The van der Waals surface area contributed by atoms with Crippen LogP contribution in [0, 0.1) is 5.82 Å². The zero-order chi connectivity index (χ0) is 15.9. The predicted molar refractivity (Wildman–Crippen MR) is 89.0 cm³/mol. The fraction of sp³-hybridized carbons (Fsp3) is 0.235. The molecule has 0 unspecified atom stereocenters. The van der Waals surface area contributed by atoms with Gasteiger partial charge in [0.25, 0.3) is 0 Å². The molecule has 0 spiro atoms. The molecule has 0 saturated heterocycles. The highest BCUT2D eigenvalue weighted by atomic mass is 19.1. The molecule has 0 fully saturated rings. The molecule has 0 radical (unpaired) electrons. The van der Waals surface area contributed by atoms with Crippen LogP contribution in [0.2, 0.25) is 0 Å². The van der Waals surface area contributed by atoms with Crippen LogP contribution in [0.4, 0.5) is 26.2 Å². The van der Waals surface area contributed by atoms with Crippen molar-refractivity contribution < 1.29 is 9.18 Å². The van der Waals surface area contributed by atoms with E-state index in [1.54, 1.807) is 12.1 Å². The first-order valence-electron chi connectivity index (χ1n) is 7.31. The zero-order valence-electron chi connectivity index (χ0n) is 12.8. The molecule has 2 amide bonds. The van der Waals surface area contributed by atoms with Crippen molar-refractivity contribution >= 4 is 23.1 Å². The highest BCUT2D eigenvalue weighted by Crippen LogP contribution is 2.18. The van der Waals surface area contributed by atoms with Gasteiger partial charge in [-0.25, -0.2) is 9.18 Å². The molecule has 0 atom stereocenters. The van der Waals surface area contributed by atoms with E-state index < -0.39 is 6.03 Å². The normalized spacial score (nSPS) is 10.1. The van der Waals surface area contributed by atoms with Gasteiger partial charge in [-0.1, -0.05) is 6.07 Å². The van der Waals surface area contributed by atoms with Crippen LogP contribution < -0.4 is 15.5 Å². The summed E-state index contributed by atoms with van der Waals surface area (Å²) in [7, 11) is 0. The van der Waals surface area contributed by atoms with Gasteiger partial charge in [0.15, 0.2) is 0 Å². The summed E-state index contributed by atoms with van der Waals surface area (Å²) >= 11 is 0. The van der Waals surface area contributed by atoms with E-state index in [4.69, 9.17) is 0 Å². The lowest BCUT2D eigenvalue weighted by Crippen LogP contribution is -2.22. The number of urea groups is 1. The van der Waals surface area contributed by atoms with Crippen LogP contribution in [0.25, 0.3) is 0 Å². The number of rotatable bonds is 5. The molecule has 0 aliphatic heterocycles. The van der Waals surface area contributed by atoms with E-state index in [0.29, 0.717) is 11.4 Å². The Bertz CT molecular complexity index is 624. The lowest BCUT2D eigenvalue weighted by Gasteiger charge is -2.21. The Morgan fingerprint density at radius 3 is 2.23 bits per heavy atom. The van der Waals surface area contributed by atoms with Crippen molar-refractivity contribution in [1.29, 1.82) is 0 Å². The summed E-state index contributed by atoms with van der Waals surface area (Å²) in [6, 6.07) is 13.0. The smallest absolute Gasteiger partial charge is 0.323 e. The lowest BCUT2D eigenvalue weighted by molar-refractivity contribution is 0.262. The van der Waals surface area contributed by atoms with Crippen LogP contribution >= 0.6 is 0 Å². The Kier molecular flexibility index (Phi) is 5.36. The molecule has 0 aliphatic rings. The first-order chi connectivity index (χ1) is 10.6. The molecule has 2 aromatic rings. The van der Waals surface area contributed by atoms with Crippen LogP contribution in [0.5, 0.6) is 0 Å². The lowest BCUT2D eigenvalue weighted by atomic mass is 10.2. The third-order valence-electron chi connectivity index (χ3n) is 3.34. The number of hydrogen-bond donors (Lipinski definition) is 2. The van der Waals surface area contributed by atoms with Gasteiger partial charge >= 0.3 is 6.03 Å². The Labute approximate surface area is 129 Å². The summed E-state index contributed by atoms with van der Waals surface area (Å²) in [4.78, 5) is 14.1. The molecule has 2 N–H and O–H groups in total. The number of amides is 2. The van der Waals surface area contributed by atoms with Crippen LogP contribution in [0.1, 0.15) is 13.8 Å². The number of carbonyl (C=O) groups is 1. The monoisotopic (exact) mass is 301 g/mol. The fourth-order valence-corrected chi connectivity index (χ4v) is 2.20. The van der Waals surface area contributed by atoms with Crippen molar-refractivity contribution in [1.82, 2.24) is 0 Å². The highest BCUT2D eigenvalue weighted by molar-refractivity contribution is 5.99. The molecule has 2 rings (SSSR count). The van der Waals surface area contributed by atoms with Crippen LogP contribution in [0.15, 0.2) is 48.5 Å². The van der Waals surface area contributed by atoms with E-state index in [9.17, 15) is 9.18 Å². The van der Waals surface area contributed by atoms with Crippen LogP contribution in [-0.2, 0) is 0 Å². The van der Waals surface area contributed by atoms with E-state index in [1.165, 1.54) is 12.1 Å². The summed E-state index contributed by atoms with van der Waals surface area (Å²) in [6.45, 7) is 6.07. The number of nitrogens with one attached hydrogen (secondary N) is 2. The van der Waals surface area contributed by atoms with Gasteiger partial charge in [-0.2, -0.15) is 0 Å². The second-order valence-corrected chi connectivity index (χ2v) is 4.81. The standard InChI is InChI=1S/C17H20FN3O/c1-3-21(4-2)16-10-8-14(9-11-16)19-17(22)20-15-7-5-6-13(18)12-15/h5-12H,3-4H2,1-2H3,(H2,19,20,22). The second-order valence-electron chi connectivity index (χ2n) is 4.81. The number of nitrogens with zero attached hydrogens (tertiary/aromatic N) is 1. The predicted octanol–water partition coefficient (Wildman–Crippen LogP) is 4.32. The maximum absolute atomic E-state index is 13.1. The first kappa shape index (κ1) is 15.8. The average molecular weight is 301 g/mol. The van der Waals surface area contributed by atoms with Gasteiger partial charge in [0.2, 0.25) is 0 Å². The molecule has 5 heteroatoms. The molecular weight excluding hydrogens is 281 g/mol. The number of benzene rings is 2. The number of halogens is 1. The zero-order valence-corrected chi connectivity index (χ0v) is 12.8. The fourth-order valence-electron chi connectivity index (χ4n) is 2.20. The average Bonchev–Trinajstić information content (AvgIpc) is 2.50. The molecule has 116 valence electrons. The van der Waals surface area contributed by atoms with Crippen molar-refractivity contribution in [2.24, 2.45) is 0 Å². The molecule has 2 aromatic carbocycles. The van der Waals surface area contributed by atoms with E-state index in [0.717, 1.165) is 18.8 Å². The summed E-state index contributed by atoms with van der Waals surface area (Å²) in [5, 5.41) is 5.31. The molecule has 0 aromatic heterocycles. The van der Waals surface area contributed by atoms with Gasteiger partial charge in [-0.05, 0) is 56.3 Å². The highest BCUT2D eigenvalue weighted by Gasteiger charge is 2.05. The third kappa shape index (κ3) is 4.22. The van der Waals surface area contributed by atoms with Gasteiger partial charge in [-0.3, -0.25) is 0 Å². The minimum Gasteiger partial charge on any atom is -0.372 e. The van der Waals surface area contributed by atoms with E-state index in [-0.39, 0.29) is 5.82 Å². The molecule has 0 bridgehead atoms. The number of carbonyl (C=O) groups excluding carboxylic acids is 1. The molecule has 0 saturated carbocycles. The SMILES string of the molecule is CCN(CC)c1ccc(NC(=O)Nc2cccc(F)c2)cc1. The van der Waals surface area contributed by atoms with Gasteiger partial charge in [0.1, 0.15) is 5.82 Å². The summed E-state index contributed by atoms with van der Waals surface area (Å²) in [5.41, 5.74) is 2.21. The van der Waals surface area contributed by atoms with Crippen LogP contribution in [0.3, 0.4) is 0 Å². The quantitative estimate of drug-likeness (QED) is 0.864. The Balaban J connectivity index is 1.97. The maximum atomic E-state index is 13.1. The maximum Gasteiger partial charge on any atom is 0.323 e. The minimum atomic E-state index is -0.402. The summed E-state index contributed by atoms with van der Waals surface area (Å²) < 4.78 is 13.1. The van der Waals surface area contributed by atoms with Gasteiger partial charge in [-0.15, -0.1) is 0 Å².